The summed E-state index contributed by atoms with van der Waals surface area (Å²) in [4.78, 5) is 35.0. The molecular weight excluding hydrogens is 522 g/mol. The van der Waals surface area contributed by atoms with E-state index in [-0.39, 0.29) is 17.2 Å². The number of hydrogen-bond acceptors (Lipinski definition) is 8. The largest absolute Gasteiger partial charge is 0.494 e. The fraction of sp³-hybridized carbons (Fsp3) is 0.125. The summed E-state index contributed by atoms with van der Waals surface area (Å²) >= 11 is 3.34. The third-order valence-corrected chi connectivity index (χ3v) is 4.88. The van der Waals surface area contributed by atoms with Gasteiger partial charge in [-0.3, -0.25) is 14.9 Å². The number of rotatable bonds is 10. The van der Waals surface area contributed by atoms with Gasteiger partial charge in [-0.15, -0.1) is 0 Å². The molecule has 0 aliphatic heterocycles. The maximum Gasteiger partial charge on any atom is 0.343 e. The molecule has 0 saturated heterocycles. The van der Waals surface area contributed by atoms with Crippen molar-refractivity contribution in [3.8, 4) is 17.2 Å². The van der Waals surface area contributed by atoms with Crippen molar-refractivity contribution < 1.29 is 28.7 Å². The Bertz CT molecular complexity index is 1250. The van der Waals surface area contributed by atoms with Gasteiger partial charge in [0.2, 0.25) is 0 Å². The maximum absolute atomic E-state index is 12.5. The van der Waals surface area contributed by atoms with E-state index in [4.69, 9.17) is 14.2 Å². The number of esters is 1. The standard InChI is InChI=1S/C24H20BrN3O7/c1-2-33-19-10-7-16(8-11-19)24(30)35-21-12-9-18(25)13-17(21)14-26-27-23(29)15-34-22-6-4-3-5-20(22)28(31)32/h3-14H,2,15H2,1H3,(H,27,29)/b26-14+. The number of amides is 1. The van der Waals surface area contributed by atoms with Crippen molar-refractivity contribution >= 4 is 39.7 Å². The van der Waals surface area contributed by atoms with Crippen molar-refractivity contribution in [2.24, 2.45) is 5.10 Å². The first-order valence-electron chi connectivity index (χ1n) is 10.3. The van der Waals surface area contributed by atoms with Gasteiger partial charge in [-0.2, -0.15) is 5.10 Å². The van der Waals surface area contributed by atoms with E-state index in [1.165, 1.54) is 24.4 Å². The molecule has 180 valence electrons. The Labute approximate surface area is 208 Å². The second kappa shape index (κ2) is 12.3. The van der Waals surface area contributed by atoms with Crippen LogP contribution in [0, 0.1) is 10.1 Å². The SMILES string of the molecule is CCOc1ccc(C(=O)Oc2ccc(Br)cc2/C=N/NC(=O)COc2ccccc2[N+](=O)[O-])cc1. The minimum atomic E-state index is -0.637. The molecule has 0 aromatic heterocycles. The van der Waals surface area contributed by atoms with Gasteiger partial charge in [-0.1, -0.05) is 28.1 Å². The van der Waals surface area contributed by atoms with E-state index in [2.05, 4.69) is 26.5 Å². The number of benzene rings is 3. The average molecular weight is 542 g/mol. The molecule has 0 bridgehead atoms. The molecule has 0 spiro atoms. The molecule has 3 rings (SSSR count). The summed E-state index contributed by atoms with van der Waals surface area (Å²) in [5.41, 5.74) is 2.76. The second-order valence-electron chi connectivity index (χ2n) is 6.84. The minimum absolute atomic E-state index is 0.0351. The van der Waals surface area contributed by atoms with Crippen LogP contribution in [0.4, 0.5) is 5.69 Å². The fourth-order valence-corrected chi connectivity index (χ4v) is 3.18. The third kappa shape index (κ3) is 7.37. The Morgan fingerprint density at radius 2 is 1.80 bits per heavy atom. The summed E-state index contributed by atoms with van der Waals surface area (Å²) in [5.74, 6) is -0.385. The van der Waals surface area contributed by atoms with Crippen LogP contribution in [0.2, 0.25) is 0 Å². The van der Waals surface area contributed by atoms with Gasteiger partial charge in [-0.25, -0.2) is 10.2 Å². The lowest BCUT2D eigenvalue weighted by Gasteiger charge is -2.09. The molecule has 11 heteroatoms. The Balaban J connectivity index is 1.62. The zero-order valence-corrected chi connectivity index (χ0v) is 20.1. The Kier molecular flexibility index (Phi) is 8.90. The molecule has 0 saturated carbocycles. The zero-order valence-electron chi connectivity index (χ0n) is 18.5. The molecule has 0 aliphatic rings. The van der Waals surface area contributed by atoms with Crippen LogP contribution in [-0.4, -0.2) is 36.2 Å². The average Bonchev–Trinajstić information content (AvgIpc) is 2.85. The Morgan fingerprint density at radius 1 is 1.06 bits per heavy atom. The lowest BCUT2D eigenvalue weighted by molar-refractivity contribution is -0.385. The van der Waals surface area contributed by atoms with E-state index in [1.807, 2.05) is 6.92 Å². The third-order valence-electron chi connectivity index (χ3n) is 4.39. The van der Waals surface area contributed by atoms with E-state index >= 15 is 0 Å². The summed E-state index contributed by atoms with van der Waals surface area (Å²) in [6.07, 6.45) is 1.30. The first-order chi connectivity index (χ1) is 16.9. The quantitative estimate of drug-likeness (QED) is 0.131. The summed E-state index contributed by atoms with van der Waals surface area (Å²) in [7, 11) is 0. The van der Waals surface area contributed by atoms with Gasteiger partial charge in [0.1, 0.15) is 11.5 Å². The smallest absolute Gasteiger partial charge is 0.343 e. The van der Waals surface area contributed by atoms with Gasteiger partial charge in [0, 0.05) is 16.1 Å². The molecule has 3 aromatic carbocycles. The highest BCUT2D eigenvalue weighted by atomic mass is 79.9. The van der Waals surface area contributed by atoms with Crippen molar-refractivity contribution in [2.45, 2.75) is 6.92 Å². The molecule has 3 aromatic rings. The summed E-state index contributed by atoms with van der Waals surface area (Å²) in [6, 6.07) is 17.2. The van der Waals surface area contributed by atoms with Crippen LogP contribution in [0.25, 0.3) is 0 Å². The number of hydrazone groups is 1. The number of nitrogens with one attached hydrogen (secondary N) is 1. The van der Waals surface area contributed by atoms with Crippen LogP contribution < -0.4 is 19.6 Å². The predicted molar refractivity (Wildman–Crippen MR) is 131 cm³/mol. The van der Waals surface area contributed by atoms with E-state index in [9.17, 15) is 19.7 Å². The number of hydrogen-bond donors (Lipinski definition) is 1. The molecule has 10 nitrogen and oxygen atoms in total. The van der Waals surface area contributed by atoms with Crippen LogP contribution in [0.15, 0.2) is 76.3 Å². The van der Waals surface area contributed by atoms with Crippen LogP contribution in [0.1, 0.15) is 22.8 Å². The van der Waals surface area contributed by atoms with Gasteiger partial charge in [0.15, 0.2) is 12.4 Å². The van der Waals surface area contributed by atoms with Gasteiger partial charge < -0.3 is 14.2 Å². The number of nitro benzene ring substituents is 1. The van der Waals surface area contributed by atoms with E-state index in [1.54, 1.807) is 48.5 Å². The van der Waals surface area contributed by atoms with E-state index < -0.39 is 23.4 Å². The van der Waals surface area contributed by atoms with Crippen LogP contribution in [0.5, 0.6) is 17.2 Å². The molecule has 0 aliphatic carbocycles. The molecule has 0 fully saturated rings. The normalized spacial score (nSPS) is 10.6. The molecule has 0 atom stereocenters. The van der Waals surface area contributed by atoms with E-state index in [0.717, 1.165) is 0 Å². The highest BCUT2D eigenvalue weighted by Crippen LogP contribution is 2.26. The van der Waals surface area contributed by atoms with Crippen LogP contribution in [0.3, 0.4) is 0 Å². The lowest BCUT2D eigenvalue weighted by atomic mass is 10.2. The molecular formula is C24H20BrN3O7. The number of nitrogens with zero attached hydrogens (tertiary/aromatic N) is 2. The van der Waals surface area contributed by atoms with Crippen molar-refractivity contribution in [2.75, 3.05) is 13.2 Å². The Morgan fingerprint density at radius 3 is 2.51 bits per heavy atom. The first kappa shape index (κ1) is 25.4. The number of carbonyl (C=O) groups is 2. The van der Waals surface area contributed by atoms with Gasteiger partial charge in [0.25, 0.3) is 5.91 Å². The zero-order chi connectivity index (χ0) is 25.2. The number of ether oxygens (including phenoxy) is 3. The molecule has 35 heavy (non-hydrogen) atoms. The highest BCUT2D eigenvalue weighted by Gasteiger charge is 2.15. The lowest BCUT2D eigenvalue weighted by Crippen LogP contribution is -2.24. The first-order valence-corrected chi connectivity index (χ1v) is 11.1. The second-order valence-corrected chi connectivity index (χ2v) is 7.75. The minimum Gasteiger partial charge on any atom is -0.494 e. The van der Waals surface area contributed by atoms with Crippen molar-refractivity contribution in [1.82, 2.24) is 5.43 Å². The van der Waals surface area contributed by atoms with E-state index in [0.29, 0.717) is 28.0 Å². The maximum atomic E-state index is 12.5. The van der Waals surface area contributed by atoms with Crippen LogP contribution in [-0.2, 0) is 4.79 Å². The summed E-state index contributed by atoms with van der Waals surface area (Å²) in [6.45, 7) is 1.89. The molecule has 1 N–H and O–H groups in total. The summed E-state index contributed by atoms with van der Waals surface area (Å²) < 4.78 is 16.8. The number of para-hydroxylation sites is 2. The highest BCUT2D eigenvalue weighted by molar-refractivity contribution is 9.10. The molecule has 0 heterocycles. The van der Waals surface area contributed by atoms with Gasteiger partial charge in [-0.05, 0) is 55.5 Å². The van der Waals surface area contributed by atoms with Gasteiger partial charge in [0.05, 0.1) is 23.3 Å². The predicted octanol–water partition coefficient (Wildman–Crippen LogP) is 4.50. The Hall–Kier alpha value is -4.25. The topological polar surface area (TPSA) is 129 Å². The molecule has 0 radical (unpaired) electrons. The van der Waals surface area contributed by atoms with Crippen LogP contribution >= 0.6 is 15.9 Å². The molecule has 1 amide bonds. The number of halogens is 1. The summed E-state index contributed by atoms with van der Waals surface area (Å²) in [5, 5.41) is 14.9. The number of carbonyl (C=O) groups excluding carboxylic acids is 2. The van der Waals surface area contributed by atoms with Crippen molar-refractivity contribution in [1.29, 1.82) is 0 Å². The monoisotopic (exact) mass is 541 g/mol. The fourth-order valence-electron chi connectivity index (χ4n) is 2.81. The van der Waals surface area contributed by atoms with Crippen molar-refractivity contribution in [3.63, 3.8) is 0 Å². The van der Waals surface area contributed by atoms with Crippen molar-refractivity contribution in [3.05, 3.63) is 92.4 Å². The molecule has 0 unspecified atom stereocenters. The number of nitro groups is 1. The van der Waals surface area contributed by atoms with Gasteiger partial charge >= 0.3 is 11.7 Å².